The number of amides is 1. The third-order valence-electron chi connectivity index (χ3n) is 1.92. The summed E-state index contributed by atoms with van der Waals surface area (Å²) in [5.41, 5.74) is 11.8. The van der Waals surface area contributed by atoms with E-state index < -0.39 is 11.9 Å². The van der Waals surface area contributed by atoms with Crippen LogP contribution >= 0.6 is 11.6 Å². The lowest BCUT2D eigenvalue weighted by Gasteiger charge is -2.12. The van der Waals surface area contributed by atoms with Crippen LogP contribution in [0.5, 0.6) is 0 Å². The molecule has 4 heteroatoms. The molecule has 1 aromatic rings. The van der Waals surface area contributed by atoms with Crippen LogP contribution in [0.3, 0.4) is 0 Å². The fourth-order valence-electron chi connectivity index (χ4n) is 1.02. The quantitative estimate of drug-likeness (QED) is 0.741. The lowest BCUT2D eigenvalue weighted by Crippen LogP contribution is -2.23. The summed E-state index contributed by atoms with van der Waals surface area (Å²) >= 11 is 5.70. The molecule has 0 aliphatic rings. The third-order valence-corrected chi connectivity index (χ3v) is 2.17. The molecule has 1 rings (SSSR count). The van der Waals surface area contributed by atoms with E-state index >= 15 is 0 Å². The molecule has 0 bridgehead atoms. The Labute approximate surface area is 87.3 Å². The first kappa shape index (κ1) is 10.8. The molecule has 14 heavy (non-hydrogen) atoms. The highest BCUT2D eigenvalue weighted by atomic mass is 35.5. The minimum Gasteiger partial charge on any atom is -0.366 e. The molecule has 1 amide bonds. The average molecular weight is 211 g/mol. The second-order valence-electron chi connectivity index (χ2n) is 2.92. The van der Waals surface area contributed by atoms with Gasteiger partial charge in [-0.1, -0.05) is 30.3 Å². The molecule has 3 nitrogen and oxygen atoms in total. The fraction of sp³-hybridized carbons (Fsp3) is 0.100. The van der Waals surface area contributed by atoms with Crippen molar-refractivity contribution < 1.29 is 4.79 Å². The predicted octanol–water partition coefficient (Wildman–Crippen LogP) is 1.38. The Bertz CT molecular complexity index is 359. The highest BCUT2D eigenvalue weighted by Gasteiger charge is 2.13. The zero-order chi connectivity index (χ0) is 10.7. The van der Waals surface area contributed by atoms with E-state index in [1.165, 1.54) is 0 Å². The summed E-state index contributed by atoms with van der Waals surface area (Å²) < 4.78 is 0. The SMILES string of the molecule is C=C(C(N)=O)C(N)c1ccc(Cl)cc1. The number of primary amides is 1. The molecule has 4 N–H and O–H groups in total. The van der Waals surface area contributed by atoms with Crippen molar-refractivity contribution in [2.75, 3.05) is 0 Å². The van der Waals surface area contributed by atoms with Crippen LogP contribution in [0.15, 0.2) is 36.4 Å². The summed E-state index contributed by atoms with van der Waals surface area (Å²) in [6.07, 6.45) is 0. The smallest absolute Gasteiger partial charge is 0.245 e. The molecule has 1 atom stereocenters. The average Bonchev–Trinajstić information content (AvgIpc) is 2.16. The Kier molecular flexibility index (Phi) is 3.28. The number of carbonyl (C=O) groups excluding carboxylic acids is 1. The summed E-state index contributed by atoms with van der Waals surface area (Å²) in [5, 5.41) is 0.616. The minimum absolute atomic E-state index is 0.187. The van der Waals surface area contributed by atoms with Crippen molar-refractivity contribution in [3.8, 4) is 0 Å². The lowest BCUT2D eigenvalue weighted by atomic mass is 10.0. The summed E-state index contributed by atoms with van der Waals surface area (Å²) in [4.78, 5) is 10.8. The van der Waals surface area contributed by atoms with E-state index in [-0.39, 0.29) is 5.57 Å². The van der Waals surface area contributed by atoms with Crippen molar-refractivity contribution in [3.63, 3.8) is 0 Å². The van der Waals surface area contributed by atoms with Crippen molar-refractivity contribution in [1.29, 1.82) is 0 Å². The van der Waals surface area contributed by atoms with Gasteiger partial charge in [0.1, 0.15) is 0 Å². The topological polar surface area (TPSA) is 69.1 Å². The van der Waals surface area contributed by atoms with Gasteiger partial charge < -0.3 is 11.5 Å². The molecule has 0 radical (unpaired) electrons. The molecule has 0 saturated heterocycles. The third kappa shape index (κ3) is 2.34. The van der Waals surface area contributed by atoms with Crippen molar-refractivity contribution in [2.24, 2.45) is 11.5 Å². The second-order valence-corrected chi connectivity index (χ2v) is 3.36. The van der Waals surface area contributed by atoms with Gasteiger partial charge in [0.2, 0.25) is 5.91 Å². The summed E-state index contributed by atoms with van der Waals surface area (Å²) in [6.45, 7) is 3.52. The standard InChI is InChI=1S/C10H11ClN2O/c1-6(10(13)14)9(12)7-2-4-8(11)5-3-7/h2-5,9H,1,12H2,(H2,13,14). The normalized spacial score (nSPS) is 12.1. The fourth-order valence-corrected chi connectivity index (χ4v) is 1.15. The molecule has 0 aliphatic carbocycles. The van der Waals surface area contributed by atoms with Crippen molar-refractivity contribution in [3.05, 3.63) is 47.0 Å². The lowest BCUT2D eigenvalue weighted by molar-refractivity contribution is -0.114. The van der Waals surface area contributed by atoms with E-state index in [0.29, 0.717) is 5.02 Å². The van der Waals surface area contributed by atoms with Crippen LogP contribution in [0.2, 0.25) is 5.02 Å². The van der Waals surface area contributed by atoms with Crippen LogP contribution in [-0.2, 0) is 4.79 Å². The summed E-state index contributed by atoms with van der Waals surface area (Å²) in [7, 11) is 0. The molecule has 0 heterocycles. The van der Waals surface area contributed by atoms with E-state index in [1.54, 1.807) is 24.3 Å². The Hall–Kier alpha value is -1.32. The van der Waals surface area contributed by atoms with Crippen LogP contribution in [-0.4, -0.2) is 5.91 Å². The molecule has 0 fully saturated rings. The van der Waals surface area contributed by atoms with Gasteiger partial charge in [-0.3, -0.25) is 4.79 Å². The Morgan fingerprint density at radius 2 is 1.86 bits per heavy atom. The van der Waals surface area contributed by atoms with E-state index in [2.05, 4.69) is 6.58 Å². The number of nitrogens with two attached hydrogens (primary N) is 2. The van der Waals surface area contributed by atoms with Gasteiger partial charge in [-0.15, -0.1) is 0 Å². The molecule has 0 aromatic heterocycles. The van der Waals surface area contributed by atoms with Crippen LogP contribution < -0.4 is 11.5 Å². The summed E-state index contributed by atoms with van der Waals surface area (Å²) in [5.74, 6) is -0.590. The van der Waals surface area contributed by atoms with Crippen LogP contribution in [0.1, 0.15) is 11.6 Å². The largest absolute Gasteiger partial charge is 0.366 e. The molecular formula is C10H11ClN2O. The molecular weight excluding hydrogens is 200 g/mol. The maximum atomic E-state index is 10.8. The van der Waals surface area contributed by atoms with Gasteiger partial charge in [0.05, 0.1) is 6.04 Å². The first-order valence-corrected chi connectivity index (χ1v) is 4.40. The van der Waals surface area contributed by atoms with Gasteiger partial charge in [0.25, 0.3) is 0 Å². The number of rotatable bonds is 3. The van der Waals surface area contributed by atoms with E-state index in [4.69, 9.17) is 23.1 Å². The molecule has 1 aromatic carbocycles. The van der Waals surface area contributed by atoms with Crippen molar-refractivity contribution in [1.82, 2.24) is 0 Å². The Morgan fingerprint density at radius 1 is 1.36 bits per heavy atom. The Balaban J connectivity index is 2.89. The van der Waals surface area contributed by atoms with E-state index in [9.17, 15) is 4.79 Å². The zero-order valence-electron chi connectivity index (χ0n) is 7.53. The van der Waals surface area contributed by atoms with Crippen molar-refractivity contribution >= 4 is 17.5 Å². The maximum Gasteiger partial charge on any atom is 0.245 e. The Morgan fingerprint density at radius 3 is 2.29 bits per heavy atom. The number of halogens is 1. The molecule has 0 aliphatic heterocycles. The molecule has 1 unspecified atom stereocenters. The van der Waals surface area contributed by atoms with E-state index in [0.717, 1.165) is 5.56 Å². The number of hydrogen-bond donors (Lipinski definition) is 2. The van der Waals surface area contributed by atoms with Gasteiger partial charge in [-0.2, -0.15) is 0 Å². The molecule has 0 saturated carbocycles. The van der Waals surface area contributed by atoms with Crippen LogP contribution in [0, 0.1) is 0 Å². The summed E-state index contributed by atoms with van der Waals surface area (Å²) in [6, 6.07) is 6.31. The highest BCUT2D eigenvalue weighted by molar-refractivity contribution is 6.30. The van der Waals surface area contributed by atoms with Gasteiger partial charge >= 0.3 is 0 Å². The highest BCUT2D eigenvalue weighted by Crippen LogP contribution is 2.19. The molecule has 74 valence electrons. The molecule has 0 spiro atoms. The maximum absolute atomic E-state index is 10.8. The van der Waals surface area contributed by atoms with Gasteiger partial charge in [-0.05, 0) is 17.7 Å². The predicted molar refractivity (Wildman–Crippen MR) is 56.7 cm³/mol. The van der Waals surface area contributed by atoms with Crippen LogP contribution in [0.25, 0.3) is 0 Å². The zero-order valence-corrected chi connectivity index (χ0v) is 8.29. The van der Waals surface area contributed by atoms with Crippen LogP contribution in [0.4, 0.5) is 0 Å². The first-order valence-electron chi connectivity index (χ1n) is 4.02. The number of benzene rings is 1. The van der Waals surface area contributed by atoms with Gasteiger partial charge in [0, 0.05) is 10.6 Å². The van der Waals surface area contributed by atoms with Crippen molar-refractivity contribution in [2.45, 2.75) is 6.04 Å². The number of hydrogen-bond acceptors (Lipinski definition) is 2. The second kappa shape index (κ2) is 4.26. The number of carbonyl (C=O) groups is 1. The monoisotopic (exact) mass is 210 g/mol. The van der Waals surface area contributed by atoms with Gasteiger partial charge in [-0.25, -0.2) is 0 Å². The minimum atomic E-state index is -0.590. The van der Waals surface area contributed by atoms with E-state index in [1.807, 2.05) is 0 Å². The first-order chi connectivity index (χ1) is 6.52. The van der Waals surface area contributed by atoms with Gasteiger partial charge in [0.15, 0.2) is 0 Å².